The van der Waals surface area contributed by atoms with Crippen molar-refractivity contribution in [3.8, 4) is 0 Å². The Kier molecular flexibility index (Phi) is 3.96. The van der Waals surface area contributed by atoms with Gasteiger partial charge in [0.2, 0.25) is 0 Å². The second-order valence-corrected chi connectivity index (χ2v) is 5.41. The van der Waals surface area contributed by atoms with Crippen LogP contribution in [0.25, 0.3) is 0 Å². The van der Waals surface area contributed by atoms with Crippen LogP contribution in [0.15, 0.2) is 0 Å². The third kappa shape index (κ3) is 2.71. The van der Waals surface area contributed by atoms with E-state index in [1.807, 2.05) is 0 Å². The third-order valence-electron chi connectivity index (χ3n) is 3.61. The molecule has 0 saturated carbocycles. The molecule has 0 aliphatic carbocycles. The summed E-state index contributed by atoms with van der Waals surface area (Å²) in [6.07, 6.45) is 3.93. The lowest BCUT2D eigenvalue weighted by atomic mass is 9.97. The molecule has 1 saturated heterocycles. The highest BCUT2D eigenvalue weighted by atomic mass is 15.3. The fraction of sp³-hybridized carbons (Fsp3) is 1.00. The monoisotopic (exact) mass is 198 g/mol. The Labute approximate surface area is 89.3 Å². The first-order valence-corrected chi connectivity index (χ1v) is 5.89. The van der Waals surface area contributed by atoms with Crippen molar-refractivity contribution in [2.75, 3.05) is 27.2 Å². The molecule has 1 aliphatic rings. The van der Waals surface area contributed by atoms with Crippen LogP contribution in [0.3, 0.4) is 0 Å². The minimum Gasteiger partial charge on any atom is -0.305 e. The normalized spacial score (nSPS) is 24.9. The average molecular weight is 198 g/mol. The van der Waals surface area contributed by atoms with Crippen molar-refractivity contribution in [1.82, 2.24) is 9.80 Å². The van der Waals surface area contributed by atoms with Crippen LogP contribution in [-0.2, 0) is 0 Å². The van der Waals surface area contributed by atoms with Gasteiger partial charge in [-0.25, -0.2) is 0 Å². The van der Waals surface area contributed by atoms with E-state index in [4.69, 9.17) is 0 Å². The SMILES string of the molecule is CCCC(C)(C)N1CCC(N(C)C)C1. The second kappa shape index (κ2) is 4.63. The van der Waals surface area contributed by atoms with E-state index in [-0.39, 0.29) is 0 Å². The summed E-state index contributed by atoms with van der Waals surface area (Å²) in [6, 6.07) is 0.770. The lowest BCUT2D eigenvalue weighted by molar-refractivity contribution is 0.131. The molecule has 0 spiro atoms. The minimum atomic E-state index is 0.402. The van der Waals surface area contributed by atoms with E-state index in [1.165, 1.54) is 32.4 Å². The second-order valence-electron chi connectivity index (χ2n) is 5.41. The standard InChI is InChI=1S/C12H26N2/c1-6-8-12(2,3)14-9-7-11(10-14)13(4)5/h11H,6-10H2,1-5H3. The fourth-order valence-corrected chi connectivity index (χ4v) is 2.48. The van der Waals surface area contributed by atoms with Crippen LogP contribution in [0.2, 0.25) is 0 Å². The maximum atomic E-state index is 2.65. The van der Waals surface area contributed by atoms with Gasteiger partial charge in [0.25, 0.3) is 0 Å². The molecule has 0 aromatic carbocycles. The summed E-state index contributed by atoms with van der Waals surface area (Å²) >= 11 is 0. The molecule has 0 amide bonds. The molecule has 0 bridgehead atoms. The molecular weight excluding hydrogens is 172 g/mol. The van der Waals surface area contributed by atoms with Gasteiger partial charge < -0.3 is 4.90 Å². The molecule has 0 aromatic heterocycles. The van der Waals surface area contributed by atoms with Gasteiger partial charge >= 0.3 is 0 Å². The van der Waals surface area contributed by atoms with Crippen molar-refractivity contribution in [3.05, 3.63) is 0 Å². The molecule has 0 radical (unpaired) electrons. The number of hydrogen-bond acceptors (Lipinski definition) is 2. The van der Waals surface area contributed by atoms with Crippen molar-refractivity contribution < 1.29 is 0 Å². The first-order chi connectivity index (χ1) is 6.47. The topological polar surface area (TPSA) is 6.48 Å². The molecule has 1 rings (SSSR count). The Morgan fingerprint density at radius 1 is 1.36 bits per heavy atom. The molecule has 1 atom stereocenters. The van der Waals surface area contributed by atoms with Gasteiger partial charge in [0.1, 0.15) is 0 Å². The Morgan fingerprint density at radius 2 is 2.00 bits per heavy atom. The molecule has 2 nitrogen and oxygen atoms in total. The van der Waals surface area contributed by atoms with Gasteiger partial charge in [-0.05, 0) is 40.8 Å². The molecule has 1 fully saturated rings. The average Bonchev–Trinajstić information content (AvgIpc) is 2.51. The highest BCUT2D eigenvalue weighted by molar-refractivity contribution is 4.90. The van der Waals surface area contributed by atoms with Crippen molar-refractivity contribution in [2.24, 2.45) is 0 Å². The Morgan fingerprint density at radius 3 is 2.43 bits per heavy atom. The lowest BCUT2D eigenvalue weighted by Gasteiger charge is -2.36. The third-order valence-corrected chi connectivity index (χ3v) is 3.61. The predicted octanol–water partition coefficient (Wildman–Crippen LogP) is 2.20. The summed E-state index contributed by atoms with van der Waals surface area (Å²) in [6.45, 7) is 9.57. The Bertz CT molecular complexity index is 175. The molecule has 1 unspecified atom stereocenters. The first-order valence-electron chi connectivity index (χ1n) is 5.89. The van der Waals surface area contributed by atoms with Gasteiger partial charge in [-0.2, -0.15) is 0 Å². The molecular formula is C12H26N2. The zero-order valence-electron chi connectivity index (χ0n) is 10.5. The van der Waals surface area contributed by atoms with Crippen LogP contribution in [0.1, 0.15) is 40.0 Å². The van der Waals surface area contributed by atoms with Crippen molar-refractivity contribution in [1.29, 1.82) is 0 Å². The lowest BCUT2D eigenvalue weighted by Crippen LogP contribution is -2.44. The number of likely N-dealkylation sites (tertiary alicyclic amines) is 1. The Hall–Kier alpha value is -0.0800. The summed E-state index contributed by atoms with van der Waals surface area (Å²) < 4.78 is 0. The van der Waals surface area contributed by atoms with E-state index >= 15 is 0 Å². The predicted molar refractivity (Wildman–Crippen MR) is 62.7 cm³/mol. The van der Waals surface area contributed by atoms with E-state index in [1.54, 1.807) is 0 Å². The quantitative estimate of drug-likeness (QED) is 0.683. The molecule has 1 aliphatic heterocycles. The van der Waals surface area contributed by atoms with E-state index in [0.717, 1.165) is 6.04 Å². The van der Waals surface area contributed by atoms with Crippen LogP contribution in [0.5, 0.6) is 0 Å². The van der Waals surface area contributed by atoms with Crippen LogP contribution in [0.4, 0.5) is 0 Å². The van der Waals surface area contributed by atoms with Crippen LogP contribution >= 0.6 is 0 Å². The summed E-state index contributed by atoms with van der Waals surface area (Å²) in [5.74, 6) is 0. The summed E-state index contributed by atoms with van der Waals surface area (Å²) in [7, 11) is 4.39. The van der Waals surface area contributed by atoms with Gasteiger partial charge in [-0.15, -0.1) is 0 Å². The van der Waals surface area contributed by atoms with E-state index in [2.05, 4.69) is 44.7 Å². The van der Waals surface area contributed by atoms with E-state index in [0.29, 0.717) is 5.54 Å². The molecule has 0 aromatic rings. The molecule has 84 valence electrons. The summed E-state index contributed by atoms with van der Waals surface area (Å²) in [5.41, 5.74) is 0.402. The van der Waals surface area contributed by atoms with Crippen LogP contribution in [-0.4, -0.2) is 48.6 Å². The molecule has 14 heavy (non-hydrogen) atoms. The van der Waals surface area contributed by atoms with Gasteiger partial charge in [-0.3, -0.25) is 4.90 Å². The van der Waals surface area contributed by atoms with Gasteiger partial charge in [0.05, 0.1) is 0 Å². The highest BCUT2D eigenvalue weighted by Gasteiger charge is 2.33. The van der Waals surface area contributed by atoms with Crippen molar-refractivity contribution >= 4 is 0 Å². The zero-order valence-corrected chi connectivity index (χ0v) is 10.5. The highest BCUT2D eigenvalue weighted by Crippen LogP contribution is 2.26. The molecule has 1 heterocycles. The van der Waals surface area contributed by atoms with E-state index < -0.39 is 0 Å². The van der Waals surface area contributed by atoms with Gasteiger partial charge in [0.15, 0.2) is 0 Å². The van der Waals surface area contributed by atoms with Crippen molar-refractivity contribution in [3.63, 3.8) is 0 Å². The maximum absolute atomic E-state index is 2.65. The zero-order chi connectivity index (χ0) is 10.8. The van der Waals surface area contributed by atoms with Crippen molar-refractivity contribution in [2.45, 2.75) is 51.6 Å². The summed E-state index contributed by atoms with van der Waals surface area (Å²) in [5, 5.41) is 0. The Balaban J connectivity index is 2.48. The van der Waals surface area contributed by atoms with Gasteiger partial charge in [-0.1, -0.05) is 13.3 Å². The first kappa shape index (κ1) is 12.0. The number of hydrogen-bond donors (Lipinski definition) is 0. The number of rotatable bonds is 4. The van der Waals surface area contributed by atoms with Crippen LogP contribution < -0.4 is 0 Å². The van der Waals surface area contributed by atoms with E-state index in [9.17, 15) is 0 Å². The smallest absolute Gasteiger partial charge is 0.0229 e. The van der Waals surface area contributed by atoms with Crippen LogP contribution in [0, 0.1) is 0 Å². The molecule has 2 heteroatoms. The largest absolute Gasteiger partial charge is 0.305 e. The summed E-state index contributed by atoms with van der Waals surface area (Å²) in [4.78, 5) is 5.02. The maximum Gasteiger partial charge on any atom is 0.0229 e. The molecule has 0 N–H and O–H groups in total. The number of likely N-dealkylation sites (N-methyl/N-ethyl adjacent to an activating group) is 1. The fourth-order valence-electron chi connectivity index (χ4n) is 2.48. The minimum absolute atomic E-state index is 0.402. The number of nitrogens with zero attached hydrogens (tertiary/aromatic N) is 2. The van der Waals surface area contributed by atoms with Gasteiger partial charge in [0, 0.05) is 24.7 Å².